The lowest BCUT2D eigenvalue weighted by atomic mass is 10.2. The Kier molecular flexibility index (Phi) is 8.39. The van der Waals surface area contributed by atoms with E-state index in [0.29, 0.717) is 39.9 Å². The molecule has 0 radical (unpaired) electrons. The molecule has 0 fully saturated rings. The Bertz CT molecular complexity index is 1090. The Hall–Kier alpha value is -2.29. The predicted octanol–water partition coefficient (Wildman–Crippen LogP) is 6.25. The minimum atomic E-state index is -0.540. The van der Waals surface area contributed by atoms with E-state index in [4.69, 9.17) is 27.9 Å². The van der Waals surface area contributed by atoms with Crippen molar-refractivity contribution >= 4 is 46.6 Å². The Balaban J connectivity index is 1.70. The van der Waals surface area contributed by atoms with Crippen LogP contribution in [0.1, 0.15) is 32.7 Å². The number of anilines is 1. The van der Waals surface area contributed by atoms with Gasteiger partial charge in [-0.3, -0.25) is 4.79 Å². The number of carbonyl (C=O) groups excluding carboxylic acids is 1. The third kappa shape index (κ3) is 6.37. The van der Waals surface area contributed by atoms with Gasteiger partial charge in [-0.25, -0.2) is 4.39 Å². The summed E-state index contributed by atoms with van der Waals surface area (Å²) < 4.78 is 21.3. The second kappa shape index (κ2) is 11.0. The Morgan fingerprint density at radius 2 is 1.91 bits per heavy atom. The first kappa shape index (κ1) is 24.4. The number of halogens is 3. The number of hydrogen-bond donors (Lipinski definition) is 1. The highest BCUT2D eigenvalue weighted by atomic mass is 35.5. The van der Waals surface area contributed by atoms with Crippen LogP contribution in [0.2, 0.25) is 10.0 Å². The molecule has 1 atom stereocenters. The van der Waals surface area contributed by atoms with E-state index in [1.807, 2.05) is 23.6 Å². The molecule has 0 spiro atoms. The highest BCUT2D eigenvalue weighted by Gasteiger charge is 2.21. The fraction of sp³-hybridized carbons (Fsp3) is 0.318. The van der Waals surface area contributed by atoms with Crippen molar-refractivity contribution in [3.63, 3.8) is 0 Å². The lowest BCUT2D eigenvalue weighted by Gasteiger charge is -2.18. The summed E-state index contributed by atoms with van der Waals surface area (Å²) in [4.78, 5) is 12.4. The topological polar surface area (TPSA) is 69.0 Å². The third-order valence-corrected chi connectivity index (χ3v) is 5.90. The highest BCUT2D eigenvalue weighted by molar-refractivity contribution is 7.99. The van der Waals surface area contributed by atoms with Crippen LogP contribution < -0.4 is 10.1 Å². The third-order valence-electron chi connectivity index (χ3n) is 4.33. The van der Waals surface area contributed by atoms with Crippen LogP contribution >= 0.6 is 35.0 Å². The van der Waals surface area contributed by atoms with Gasteiger partial charge in [0.1, 0.15) is 11.6 Å². The van der Waals surface area contributed by atoms with Crippen LogP contribution in [0.4, 0.5) is 10.1 Å². The molecular weight excluding hydrogens is 474 g/mol. The number of nitrogens with one attached hydrogen (secondary N) is 1. The molecule has 1 aromatic heterocycles. The van der Waals surface area contributed by atoms with E-state index < -0.39 is 11.9 Å². The smallest absolute Gasteiger partial charge is 0.234 e. The molecule has 0 bridgehead atoms. The summed E-state index contributed by atoms with van der Waals surface area (Å²) in [5.74, 6) is 0.830. The molecule has 0 aliphatic heterocycles. The predicted molar refractivity (Wildman–Crippen MR) is 126 cm³/mol. The van der Waals surface area contributed by atoms with E-state index in [1.165, 1.54) is 30.0 Å². The van der Waals surface area contributed by atoms with E-state index in [-0.39, 0.29) is 16.7 Å². The van der Waals surface area contributed by atoms with Gasteiger partial charge in [0.15, 0.2) is 17.1 Å². The highest BCUT2D eigenvalue weighted by Crippen LogP contribution is 2.30. The molecule has 0 aliphatic carbocycles. The molecule has 1 unspecified atom stereocenters. The quantitative estimate of drug-likeness (QED) is 0.354. The molecule has 0 saturated carbocycles. The Labute approximate surface area is 200 Å². The van der Waals surface area contributed by atoms with Crippen molar-refractivity contribution in [2.24, 2.45) is 5.92 Å². The first-order chi connectivity index (χ1) is 15.2. The van der Waals surface area contributed by atoms with Gasteiger partial charge < -0.3 is 14.6 Å². The first-order valence-electron chi connectivity index (χ1n) is 9.96. The number of ether oxygens (including phenoxy) is 1. The molecule has 10 heteroatoms. The lowest BCUT2D eigenvalue weighted by molar-refractivity contribution is -0.113. The second-order valence-corrected chi connectivity index (χ2v) is 9.26. The van der Waals surface area contributed by atoms with E-state index in [9.17, 15) is 9.18 Å². The summed E-state index contributed by atoms with van der Waals surface area (Å²) in [6.07, 6.45) is -0.398. The largest absolute Gasteiger partial charge is 0.481 e. The van der Waals surface area contributed by atoms with Crippen LogP contribution in [0, 0.1) is 11.7 Å². The second-order valence-electron chi connectivity index (χ2n) is 7.50. The number of hydrogen-bond acceptors (Lipinski definition) is 5. The average Bonchev–Trinajstić information content (AvgIpc) is 3.13. The monoisotopic (exact) mass is 496 g/mol. The van der Waals surface area contributed by atoms with Crippen molar-refractivity contribution in [3.05, 3.63) is 64.2 Å². The standard InChI is InChI=1S/C22H23Cl2FN4O2S/c1-13(2)11-29-21(14(3)31-19-7-5-4-6-16(19)23)27-28-22(29)32-12-20(30)26-15-8-9-18(25)17(24)10-15/h4-10,13-14H,11-12H2,1-3H3,(H,26,30). The number of para-hydroxylation sites is 1. The van der Waals surface area contributed by atoms with Gasteiger partial charge in [-0.1, -0.05) is 60.9 Å². The van der Waals surface area contributed by atoms with Crippen molar-refractivity contribution in [1.82, 2.24) is 14.8 Å². The first-order valence-corrected chi connectivity index (χ1v) is 11.7. The van der Waals surface area contributed by atoms with Crippen molar-refractivity contribution in [1.29, 1.82) is 0 Å². The molecule has 1 heterocycles. The molecule has 32 heavy (non-hydrogen) atoms. The fourth-order valence-corrected chi connectivity index (χ4v) is 4.04. The zero-order valence-corrected chi connectivity index (χ0v) is 20.1. The SMILES string of the molecule is CC(C)Cn1c(SCC(=O)Nc2ccc(F)c(Cl)c2)nnc1C(C)Oc1ccccc1Cl. The Morgan fingerprint density at radius 1 is 1.16 bits per heavy atom. The van der Waals surface area contributed by atoms with Gasteiger partial charge in [-0.2, -0.15) is 0 Å². The summed E-state index contributed by atoms with van der Waals surface area (Å²) >= 11 is 13.2. The molecule has 1 N–H and O–H groups in total. The van der Waals surface area contributed by atoms with Crippen molar-refractivity contribution in [3.8, 4) is 5.75 Å². The molecule has 3 rings (SSSR count). The van der Waals surface area contributed by atoms with Gasteiger partial charge in [-0.05, 0) is 43.2 Å². The summed E-state index contributed by atoms with van der Waals surface area (Å²) in [7, 11) is 0. The molecule has 6 nitrogen and oxygen atoms in total. The van der Waals surface area contributed by atoms with Gasteiger partial charge >= 0.3 is 0 Å². The van der Waals surface area contributed by atoms with Crippen molar-refractivity contribution in [2.45, 2.75) is 38.6 Å². The zero-order chi connectivity index (χ0) is 23.3. The molecule has 0 saturated heterocycles. The summed E-state index contributed by atoms with van der Waals surface area (Å²) in [5.41, 5.74) is 0.424. The zero-order valence-electron chi connectivity index (χ0n) is 17.8. The van der Waals surface area contributed by atoms with E-state index in [1.54, 1.807) is 12.1 Å². The van der Waals surface area contributed by atoms with Gasteiger partial charge in [-0.15, -0.1) is 10.2 Å². The van der Waals surface area contributed by atoms with Crippen LogP contribution in [0.5, 0.6) is 5.75 Å². The summed E-state index contributed by atoms with van der Waals surface area (Å²) in [5, 5.41) is 12.4. The number of nitrogens with zero attached hydrogens (tertiary/aromatic N) is 3. The molecule has 3 aromatic rings. The van der Waals surface area contributed by atoms with E-state index in [0.717, 1.165) is 0 Å². The number of benzene rings is 2. The van der Waals surface area contributed by atoms with Crippen molar-refractivity contribution in [2.75, 3.05) is 11.1 Å². The molecular formula is C22H23Cl2FN4O2S. The summed E-state index contributed by atoms with van der Waals surface area (Å²) in [6.45, 7) is 6.71. The summed E-state index contributed by atoms with van der Waals surface area (Å²) in [6, 6.07) is 11.3. The Morgan fingerprint density at radius 3 is 2.59 bits per heavy atom. The number of thioether (sulfide) groups is 1. The maximum atomic E-state index is 13.3. The minimum Gasteiger partial charge on any atom is -0.481 e. The molecule has 0 aliphatic rings. The number of amides is 1. The van der Waals surface area contributed by atoms with Gasteiger partial charge in [0.25, 0.3) is 0 Å². The van der Waals surface area contributed by atoms with E-state index in [2.05, 4.69) is 29.4 Å². The normalized spacial score (nSPS) is 12.1. The average molecular weight is 497 g/mol. The fourth-order valence-electron chi connectivity index (χ4n) is 2.93. The van der Waals surface area contributed by atoms with Crippen molar-refractivity contribution < 1.29 is 13.9 Å². The van der Waals surface area contributed by atoms with Gasteiger partial charge in [0.2, 0.25) is 5.91 Å². The lowest BCUT2D eigenvalue weighted by Crippen LogP contribution is -2.17. The van der Waals surface area contributed by atoms with Gasteiger partial charge in [0.05, 0.1) is 15.8 Å². The number of rotatable bonds is 9. The number of carbonyl (C=O) groups is 1. The van der Waals surface area contributed by atoms with Crippen LogP contribution in [-0.2, 0) is 11.3 Å². The van der Waals surface area contributed by atoms with E-state index >= 15 is 0 Å². The van der Waals surface area contributed by atoms with Crippen LogP contribution in [0.25, 0.3) is 0 Å². The van der Waals surface area contributed by atoms with Crippen LogP contribution in [0.15, 0.2) is 47.6 Å². The maximum absolute atomic E-state index is 13.3. The molecule has 1 amide bonds. The maximum Gasteiger partial charge on any atom is 0.234 e. The van der Waals surface area contributed by atoms with Crippen LogP contribution in [0.3, 0.4) is 0 Å². The molecule has 2 aromatic carbocycles. The molecule has 170 valence electrons. The minimum absolute atomic E-state index is 0.0516. The van der Waals surface area contributed by atoms with Gasteiger partial charge in [0, 0.05) is 12.2 Å². The number of aromatic nitrogens is 3. The van der Waals surface area contributed by atoms with Crippen LogP contribution in [-0.4, -0.2) is 26.4 Å².